The molecule has 1 rings (SSSR count). The monoisotopic (exact) mass is 272 g/mol. The third kappa shape index (κ3) is 3.74. The quantitative estimate of drug-likeness (QED) is 0.473. The lowest BCUT2D eigenvalue weighted by Gasteiger charge is -2.33. The number of hydrogen-bond donors (Lipinski definition) is 1. The summed E-state index contributed by atoms with van der Waals surface area (Å²) in [5, 5.41) is 2.86. The maximum atomic E-state index is 12.3. The third-order valence-electron chi connectivity index (χ3n) is 2.03. The van der Waals surface area contributed by atoms with E-state index in [1.54, 1.807) is 4.67 Å². The molecule has 4 nitrogen and oxygen atoms in total. The molecule has 1 atom stereocenters. The van der Waals surface area contributed by atoms with Gasteiger partial charge < -0.3 is 4.52 Å². The van der Waals surface area contributed by atoms with Crippen LogP contribution in [0.3, 0.4) is 0 Å². The van der Waals surface area contributed by atoms with Gasteiger partial charge in [0, 0.05) is 31.4 Å². The molecule has 1 aliphatic rings. The van der Waals surface area contributed by atoms with Crippen LogP contribution in [0.25, 0.3) is 0 Å². The number of hydrogen-bond acceptors (Lipinski definition) is 2. The maximum Gasteiger partial charge on any atom is 0.344 e. The molecule has 0 aliphatic carbocycles. The van der Waals surface area contributed by atoms with Crippen LogP contribution in [0.4, 0.5) is 0 Å². The zero-order chi connectivity index (χ0) is 11.3. The molecule has 1 saturated heterocycles. The molecule has 0 bridgehead atoms. The van der Waals surface area contributed by atoms with Crippen molar-refractivity contribution < 1.29 is 9.09 Å². The van der Waals surface area contributed by atoms with Crippen LogP contribution in [-0.4, -0.2) is 42.7 Å². The van der Waals surface area contributed by atoms with E-state index in [1.165, 1.54) is 0 Å². The highest BCUT2D eigenvalue weighted by molar-refractivity contribution is 7.54. The number of rotatable bonds is 5. The van der Waals surface area contributed by atoms with Gasteiger partial charge >= 0.3 is 7.67 Å². The first kappa shape index (κ1) is 13.5. The molecule has 0 aromatic carbocycles. The molecule has 1 aliphatic heterocycles. The van der Waals surface area contributed by atoms with E-state index in [0.717, 1.165) is 5.57 Å². The Morgan fingerprint density at radius 2 is 2.07 bits per heavy atom. The second kappa shape index (κ2) is 6.24. The maximum absolute atomic E-state index is 12.3. The molecule has 88 valence electrons. The molecular formula is C8H15Cl2N2O2P. The zero-order valence-corrected chi connectivity index (χ0v) is 10.8. The van der Waals surface area contributed by atoms with Crippen molar-refractivity contribution in [2.75, 3.05) is 38.0 Å². The van der Waals surface area contributed by atoms with E-state index in [9.17, 15) is 4.57 Å². The Kier molecular flexibility index (Phi) is 5.61. The van der Waals surface area contributed by atoms with Gasteiger partial charge in [-0.3, -0.25) is 4.57 Å². The molecular weight excluding hydrogens is 258 g/mol. The Morgan fingerprint density at radius 3 is 2.47 bits per heavy atom. The summed E-state index contributed by atoms with van der Waals surface area (Å²) in [5.74, 6) is 0.791. The summed E-state index contributed by atoms with van der Waals surface area (Å²) >= 11 is 11.3. The fourth-order valence-electron chi connectivity index (χ4n) is 1.24. The Morgan fingerprint density at radius 1 is 1.47 bits per heavy atom. The normalized spacial score (nSPS) is 27.3. The van der Waals surface area contributed by atoms with Crippen molar-refractivity contribution in [2.24, 2.45) is 0 Å². The van der Waals surface area contributed by atoms with E-state index < -0.39 is 7.67 Å². The SMILES string of the molecule is C=C1CNP(=O)(N(CCCl)CCCl)OC1. The van der Waals surface area contributed by atoms with Gasteiger partial charge in [-0.25, -0.2) is 9.76 Å². The number of nitrogens with zero attached hydrogens (tertiary/aromatic N) is 1. The lowest BCUT2D eigenvalue weighted by Crippen LogP contribution is -2.36. The van der Waals surface area contributed by atoms with Crippen molar-refractivity contribution >= 4 is 30.9 Å². The Hall–Kier alpha value is 0.430. The number of halogens is 2. The summed E-state index contributed by atoms with van der Waals surface area (Å²) in [4.78, 5) is 0. The molecule has 15 heavy (non-hydrogen) atoms. The summed E-state index contributed by atoms with van der Waals surface area (Å²) in [6, 6.07) is 0. The smallest absolute Gasteiger partial charge is 0.301 e. The average molecular weight is 273 g/mol. The lowest BCUT2D eigenvalue weighted by molar-refractivity contribution is 0.262. The minimum Gasteiger partial charge on any atom is -0.301 e. The summed E-state index contributed by atoms with van der Waals surface area (Å²) in [7, 11) is -2.94. The topological polar surface area (TPSA) is 41.6 Å². The predicted molar refractivity (Wildman–Crippen MR) is 63.7 cm³/mol. The van der Waals surface area contributed by atoms with Gasteiger partial charge in [-0.2, -0.15) is 0 Å². The largest absolute Gasteiger partial charge is 0.344 e. The van der Waals surface area contributed by atoms with Crippen LogP contribution >= 0.6 is 30.9 Å². The second-order valence-corrected chi connectivity index (χ2v) is 6.15. The molecule has 7 heteroatoms. The Labute approximate surface area is 100 Å². The van der Waals surface area contributed by atoms with E-state index in [0.29, 0.717) is 38.0 Å². The minimum atomic E-state index is -2.94. The van der Waals surface area contributed by atoms with E-state index in [4.69, 9.17) is 27.7 Å². The van der Waals surface area contributed by atoms with E-state index in [2.05, 4.69) is 11.7 Å². The van der Waals surface area contributed by atoms with Crippen molar-refractivity contribution in [1.82, 2.24) is 9.76 Å². The molecule has 0 aromatic rings. The van der Waals surface area contributed by atoms with Crippen molar-refractivity contribution in [2.45, 2.75) is 0 Å². The Balaban J connectivity index is 2.64. The fraction of sp³-hybridized carbons (Fsp3) is 0.750. The average Bonchev–Trinajstić information content (AvgIpc) is 2.23. The lowest BCUT2D eigenvalue weighted by atomic mass is 10.3. The molecule has 0 amide bonds. The third-order valence-corrected chi connectivity index (χ3v) is 4.55. The van der Waals surface area contributed by atoms with Crippen molar-refractivity contribution in [3.05, 3.63) is 12.2 Å². The van der Waals surface area contributed by atoms with Crippen molar-refractivity contribution in [1.29, 1.82) is 0 Å². The van der Waals surface area contributed by atoms with Gasteiger partial charge in [0.05, 0.1) is 6.61 Å². The molecule has 0 radical (unpaired) electrons. The Bertz CT molecular complexity index is 255. The van der Waals surface area contributed by atoms with Crippen LogP contribution < -0.4 is 5.09 Å². The summed E-state index contributed by atoms with van der Waals surface area (Å²) in [6.45, 7) is 5.57. The van der Waals surface area contributed by atoms with Gasteiger partial charge in [-0.05, 0) is 5.57 Å². The number of alkyl halides is 2. The van der Waals surface area contributed by atoms with Crippen LogP contribution in [0.15, 0.2) is 12.2 Å². The molecule has 1 N–H and O–H groups in total. The van der Waals surface area contributed by atoms with E-state index in [-0.39, 0.29) is 0 Å². The molecule has 0 saturated carbocycles. The predicted octanol–water partition coefficient (Wildman–Crippen LogP) is 2.05. The highest BCUT2D eigenvalue weighted by Crippen LogP contribution is 2.48. The highest BCUT2D eigenvalue weighted by Gasteiger charge is 2.33. The van der Waals surface area contributed by atoms with Crippen LogP contribution in [0.2, 0.25) is 0 Å². The van der Waals surface area contributed by atoms with E-state index in [1.807, 2.05) is 0 Å². The standard InChI is InChI=1S/C8H15Cl2N2O2P/c1-8-6-11-15(13,14-7-8)12(4-2-9)5-3-10/h1-7H2,(H,11,13). The van der Waals surface area contributed by atoms with Gasteiger partial charge in [-0.1, -0.05) is 6.58 Å². The summed E-state index contributed by atoms with van der Waals surface area (Å²) < 4.78 is 19.3. The zero-order valence-electron chi connectivity index (χ0n) is 8.42. The van der Waals surface area contributed by atoms with Gasteiger partial charge in [0.15, 0.2) is 0 Å². The summed E-state index contributed by atoms with van der Waals surface area (Å²) in [6.07, 6.45) is 0. The first-order valence-corrected chi connectivity index (χ1v) is 7.31. The van der Waals surface area contributed by atoms with Crippen LogP contribution in [0.1, 0.15) is 0 Å². The van der Waals surface area contributed by atoms with Crippen LogP contribution in [0, 0.1) is 0 Å². The van der Waals surface area contributed by atoms with Crippen LogP contribution in [0.5, 0.6) is 0 Å². The van der Waals surface area contributed by atoms with Gasteiger partial charge in [-0.15, -0.1) is 23.2 Å². The van der Waals surface area contributed by atoms with Crippen LogP contribution in [-0.2, 0) is 9.09 Å². The summed E-state index contributed by atoms with van der Waals surface area (Å²) in [5.41, 5.74) is 0.887. The van der Waals surface area contributed by atoms with E-state index >= 15 is 0 Å². The highest BCUT2D eigenvalue weighted by atomic mass is 35.5. The van der Waals surface area contributed by atoms with Gasteiger partial charge in [0.25, 0.3) is 0 Å². The molecule has 0 aromatic heterocycles. The molecule has 1 unspecified atom stereocenters. The van der Waals surface area contributed by atoms with Crippen molar-refractivity contribution in [3.8, 4) is 0 Å². The first-order valence-electron chi connectivity index (χ1n) is 4.66. The fourth-order valence-corrected chi connectivity index (χ4v) is 3.84. The van der Waals surface area contributed by atoms with Gasteiger partial charge in [0.1, 0.15) is 0 Å². The second-order valence-electron chi connectivity index (χ2n) is 3.21. The first-order chi connectivity index (χ1) is 7.12. The minimum absolute atomic E-state index is 0.325. The van der Waals surface area contributed by atoms with Gasteiger partial charge in [0.2, 0.25) is 0 Å². The molecule has 1 fully saturated rings. The molecule has 1 heterocycles. The number of nitrogens with one attached hydrogen (secondary N) is 1. The molecule has 0 spiro atoms. The van der Waals surface area contributed by atoms with Crippen molar-refractivity contribution in [3.63, 3.8) is 0 Å².